The van der Waals surface area contributed by atoms with Gasteiger partial charge in [-0.3, -0.25) is 0 Å². The SMILES string of the molecule is CCCC(CCC)(CCC)O[SiH](C)OC. The third-order valence-corrected chi connectivity index (χ3v) is 4.36. The highest BCUT2D eigenvalue weighted by atomic mass is 28.3. The molecule has 0 amide bonds. The van der Waals surface area contributed by atoms with Gasteiger partial charge in [-0.1, -0.05) is 40.0 Å². The van der Waals surface area contributed by atoms with Crippen molar-refractivity contribution in [2.75, 3.05) is 7.11 Å². The molecule has 0 fully saturated rings. The Kier molecular flexibility index (Phi) is 8.38. The minimum absolute atomic E-state index is 0.111. The molecule has 0 aromatic rings. The number of hydrogen-bond donors (Lipinski definition) is 0. The first-order chi connectivity index (χ1) is 7.14. The van der Waals surface area contributed by atoms with E-state index in [1.165, 1.54) is 38.5 Å². The molecule has 0 N–H and O–H groups in total. The van der Waals surface area contributed by atoms with Crippen molar-refractivity contribution in [3.05, 3.63) is 0 Å². The lowest BCUT2D eigenvalue weighted by Crippen LogP contribution is -2.38. The quantitative estimate of drug-likeness (QED) is 0.565. The molecule has 15 heavy (non-hydrogen) atoms. The maximum absolute atomic E-state index is 6.23. The van der Waals surface area contributed by atoms with E-state index in [1.54, 1.807) is 7.11 Å². The van der Waals surface area contributed by atoms with Crippen LogP contribution in [0.15, 0.2) is 0 Å². The third kappa shape index (κ3) is 5.69. The van der Waals surface area contributed by atoms with Crippen LogP contribution in [0.25, 0.3) is 0 Å². The van der Waals surface area contributed by atoms with Crippen molar-refractivity contribution >= 4 is 9.28 Å². The summed E-state index contributed by atoms with van der Waals surface area (Å²) in [6.07, 6.45) is 7.13. The van der Waals surface area contributed by atoms with Gasteiger partial charge in [0.1, 0.15) is 0 Å². The van der Waals surface area contributed by atoms with E-state index in [0.717, 1.165) is 0 Å². The van der Waals surface area contributed by atoms with Crippen molar-refractivity contribution in [1.29, 1.82) is 0 Å². The fraction of sp³-hybridized carbons (Fsp3) is 1.00. The van der Waals surface area contributed by atoms with Gasteiger partial charge in [0.25, 0.3) is 0 Å². The lowest BCUT2D eigenvalue weighted by molar-refractivity contribution is 0.0159. The fourth-order valence-corrected chi connectivity index (χ4v) is 3.47. The number of hydrogen-bond acceptors (Lipinski definition) is 2. The zero-order chi connectivity index (χ0) is 11.7. The van der Waals surface area contributed by atoms with Crippen LogP contribution in [0.3, 0.4) is 0 Å². The summed E-state index contributed by atoms with van der Waals surface area (Å²) in [5.41, 5.74) is 0.111. The predicted molar refractivity (Wildman–Crippen MR) is 68.6 cm³/mol. The Morgan fingerprint density at radius 3 is 1.60 bits per heavy atom. The summed E-state index contributed by atoms with van der Waals surface area (Å²) in [6.45, 7) is 8.84. The highest BCUT2D eigenvalue weighted by Gasteiger charge is 2.30. The molecule has 0 aromatic heterocycles. The van der Waals surface area contributed by atoms with Crippen LogP contribution in [0.4, 0.5) is 0 Å². The second-order valence-corrected chi connectivity index (χ2v) is 6.20. The van der Waals surface area contributed by atoms with Gasteiger partial charge in [0.05, 0.1) is 5.60 Å². The third-order valence-electron chi connectivity index (χ3n) is 2.86. The average molecular weight is 232 g/mol. The van der Waals surface area contributed by atoms with Crippen LogP contribution in [-0.2, 0) is 8.85 Å². The first kappa shape index (κ1) is 15.1. The summed E-state index contributed by atoms with van der Waals surface area (Å²) in [6, 6.07) is 0. The summed E-state index contributed by atoms with van der Waals surface area (Å²) >= 11 is 0. The van der Waals surface area contributed by atoms with Crippen molar-refractivity contribution in [2.24, 2.45) is 0 Å². The summed E-state index contributed by atoms with van der Waals surface area (Å²) < 4.78 is 11.6. The van der Waals surface area contributed by atoms with E-state index in [-0.39, 0.29) is 5.60 Å². The lowest BCUT2D eigenvalue weighted by atomic mass is 9.88. The van der Waals surface area contributed by atoms with Crippen molar-refractivity contribution in [3.63, 3.8) is 0 Å². The van der Waals surface area contributed by atoms with Crippen molar-refractivity contribution in [1.82, 2.24) is 0 Å². The highest BCUT2D eigenvalue weighted by Crippen LogP contribution is 2.30. The van der Waals surface area contributed by atoms with E-state index in [2.05, 4.69) is 27.3 Å². The zero-order valence-corrected chi connectivity index (χ0v) is 12.3. The maximum atomic E-state index is 6.23. The smallest absolute Gasteiger partial charge is 0.318 e. The summed E-state index contributed by atoms with van der Waals surface area (Å²) in [4.78, 5) is 0. The molecule has 0 saturated carbocycles. The van der Waals surface area contributed by atoms with Crippen LogP contribution in [0, 0.1) is 0 Å². The molecule has 0 aliphatic carbocycles. The van der Waals surface area contributed by atoms with Crippen LogP contribution in [0.2, 0.25) is 6.55 Å². The molecule has 3 heteroatoms. The standard InChI is InChI=1S/C12H28O2Si/c1-6-9-12(10-7-2,11-8-3)14-15(5)13-4/h15H,6-11H2,1-5H3. The number of rotatable bonds is 9. The fourth-order valence-electron chi connectivity index (χ4n) is 2.32. The van der Waals surface area contributed by atoms with Crippen LogP contribution < -0.4 is 0 Å². The molecule has 0 bridgehead atoms. The molecule has 0 aliphatic rings. The summed E-state index contributed by atoms with van der Waals surface area (Å²) in [5, 5.41) is 0. The summed E-state index contributed by atoms with van der Waals surface area (Å²) in [7, 11) is 0.368. The summed E-state index contributed by atoms with van der Waals surface area (Å²) in [5.74, 6) is 0. The van der Waals surface area contributed by atoms with Crippen LogP contribution in [0.5, 0.6) is 0 Å². The van der Waals surface area contributed by atoms with Crippen LogP contribution in [0.1, 0.15) is 59.3 Å². The van der Waals surface area contributed by atoms with E-state index in [0.29, 0.717) is 0 Å². The molecule has 0 spiro atoms. The molecule has 1 atom stereocenters. The van der Waals surface area contributed by atoms with Gasteiger partial charge < -0.3 is 8.85 Å². The Bertz CT molecular complexity index is 134. The van der Waals surface area contributed by atoms with Gasteiger partial charge in [-0.15, -0.1) is 0 Å². The molecule has 2 nitrogen and oxygen atoms in total. The molecule has 0 saturated heterocycles. The van der Waals surface area contributed by atoms with E-state index in [1.807, 2.05) is 0 Å². The molecule has 92 valence electrons. The molecular weight excluding hydrogens is 204 g/mol. The first-order valence-corrected chi connectivity index (χ1v) is 8.44. The molecule has 0 aliphatic heterocycles. The second-order valence-electron chi connectivity index (χ2n) is 4.35. The lowest BCUT2D eigenvalue weighted by Gasteiger charge is -2.36. The molecule has 0 aromatic carbocycles. The average Bonchev–Trinajstić information content (AvgIpc) is 2.18. The van der Waals surface area contributed by atoms with Gasteiger partial charge in [-0.2, -0.15) is 0 Å². The van der Waals surface area contributed by atoms with Gasteiger partial charge in [0, 0.05) is 7.11 Å². The van der Waals surface area contributed by atoms with Crippen LogP contribution in [-0.4, -0.2) is 22.0 Å². The van der Waals surface area contributed by atoms with E-state index >= 15 is 0 Å². The maximum Gasteiger partial charge on any atom is 0.318 e. The van der Waals surface area contributed by atoms with Crippen molar-refractivity contribution < 1.29 is 8.85 Å². The Labute approximate surface area is 97.2 Å². The Hall–Kier alpha value is 0.137. The first-order valence-electron chi connectivity index (χ1n) is 6.34. The van der Waals surface area contributed by atoms with E-state index < -0.39 is 9.28 Å². The Balaban J connectivity index is 4.44. The van der Waals surface area contributed by atoms with E-state index in [4.69, 9.17) is 8.85 Å². The van der Waals surface area contributed by atoms with Gasteiger partial charge in [-0.25, -0.2) is 0 Å². The van der Waals surface area contributed by atoms with E-state index in [9.17, 15) is 0 Å². The monoisotopic (exact) mass is 232 g/mol. The topological polar surface area (TPSA) is 18.5 Å². The molecule has 0 heterocycles. The van der Waals surface area contributed by atoms with Gasteiger partial charge in [-0.05, 0) is 25.8 Å². The van der Waals surface area contributed by atoms with Crippen LogP contribution >= 0.6 is 0 Å². The molecule has 0 rings (SSSR count). The van der Waals surface area contributed by atoms with Crippen molar-refractivity contribution in [3.8, 4) is 0 Å². The molecule has 1 unspecified atom stereocenters. The Morgan fingerprint density at radius 1 is 0.933 bits per heavy atom. The Morgan fingerprint density at radius 2 is 1.33 bits per heavy atom. The normalized spacial score (nSPS) is 14.2. The minimum Gasteiger partial charge on any atom is -0.400 e. The van der Waals surface area contributed by atoms with Gasteiger partial charge >= 0.3 is 9.28 Å². The largest absolute Gasteiger partial charge is 0.400 e. The van der Waals surface area contributed by atoms with Gasteiger partial charge in [0.2, 0.25) is 0 Å². The predicted octanol–water partition coefficient (Wildman–Crippen LogP) is 3.64. The van der Waals surface area contributed by atoms with Gasteiger partial charge in [0.15, 0.2) is 0 Å². The minimum atomic E-state index is -1.40. The second kappa shape index (κ2) is 8.31. The molecule has 0 radical (unpaired) electrons. The zero-order valence-electron chi connectivity index (χ0n) is 11.1. The molecular formula is C12H28O2Si. The highest BCUT2D eigenvalue weighted by molar-refractivity contribution is 6.42. The van der Waals surface area contributed by atoms with Crippen molar-refractivity contribution in [2.45, 2.75) is 71.4 Å².